The van der Waals surface area contributed by atoms with Crippen LogP contribution < -0.4 is 10.0 Å². The van der Waals surface area contributed by atoms with Gasteiger partial charge in [-0.15, -0.1) is 0 Å². The Morgan fingerprint density at radius 1 is 1.53 bits per heavy atom. The summed E-state index contributed by atoms with van der Waals surface area (Å²) in [5.74, 6) is 0. The fourth-order valence-electron chi connectivity index (χ4n) is 1.67. The lowest BCUT2D eigenvalue weighted by atomic mass is 10.3. The largest absolute Gasteiger partial charge is 0.446 e. The number of ether oxygens (including phenoxy) is 2. The van der Waals surface area contributed by atoms with E-state index in [9.17, 15) is 13.2 Å². The molecule has 0 saturated carbocycles. The van der Waals surface area contributed by atoms with Crippen molar-refractivity contribution < 1.29 is 22.7 Å². The number of carbonyl (C=O) groups excluding carboxylic acids is 1. The Kier molecular flexibility index (Phi) is 5.98. The molecule has 0 spiro atoms. The highest BCUT2D eigenvalue weighted by molar-refractivity contribution is 7.87. The summed E-state index contributed by atoms with van der Waals surface area (Å²) in [6, 6.07) is 0. The molecule has 1 saturated heterocycles. The van der Waals surface area contributed by atoms with Gasteiger partial charge in [0, 0.05) is 19.6 Å². The van der Waals surface area contributed by atoms with Crippen LogP contribution in [0.4, 0.5) is 4.79 Å². The normalized spacial score (nSPS) is 21.4. The van der Waals surface area contributed by atoms with Crippen molar-refractivity contribution in [3.05, 3.63) is 0 Å². The molecule has 2 N–H and O–H groups in total. The number of carbonyl (C=O) groups is 1. The number of hydrogen-bond acceptors (Lipinski definition) is 6. The third-order valence-corrected chi connectivity index (χ3v) is 3.86. The standard InChI is InChI=1S/C10H21N3O5S/c1-8(2)18-10(14)12-19(15,16)13-4-5-17-9(7-13)6-11-3/h8-9,11H,4-7H2,1-3H3,(H,12,14). The molecule has 0 aliphatic carbocycles. The lowest BCUT2D eigenvalue weighted by Crippen LogP contribution is -2.53. The minimum Gasteiger partial charge on any atom is -0.446 e. The smallest absolute Gasteiger partial charge is 0.422 e. The third-order valence-electron chi connectivity index (χ3n) is 2.43. The molecule has 1 rings (SSSR count). The number of amides is 1. The van der Waals surface area contributed by atoms with Crippen molar-refractivity contribution >= 4 is 16.3 Å². The van der Waals surface area contributed by atoms with Gasteiger partial charge in [-0.1, -0.05) is 0 Å². The maximum atomic E-state index is 12.0. The van der Waals surface area contributed by atoms with Crippen molar-refractivity contribution in [3.63, 3.8) is 0 Å². The van der Waals surface area contributed by atoms with E-state index in [2.05, 4.69) is 5.32 Å². The second-order valence-electron chi connectivity index (χ2n) is 4.47. The topological polar surface area (TPSA) is 97.0 Å². The summed E-state index contributed by atoms with van der Waals surface area (Å²) in [6.07, 6.45) is -1.57. The van der Waals surface area contributed by atoms with Gasteiger partial charge in [0.1, 0.15) is 0 Å². The molecule has 0 radical (unpaired) electrons. The van der Waals surface area contributed by atoms with E-state index < -0.39 is 16.3 Å². The van der Waals surface area contributed by atoms with Crippen LogP contribution in [0.1, 0.15) is 13.8 Å². The van der Waals surface area contributed by atoms with E-state index in [1.54, 1.807) is 20.9 Å². The van der Waals surface area contributed by atoms with Crippen LogP contribution in [0.15, 0.2) is 0 Å². The number of nitrogens with zero attached hydrogens (tertiary/aromatic N) is 1. The van der Waals surface area contributed by atoms with Crippen molar-refractivity contribution in [2.75, 3.05) is 33.3 Å². The zero-order valence-electron chi connectivity index (χ0n) is 11.4. The first-order valence-electron chi connectivity index (χ1n) is 6.10. The van der Waals surface area contributed by atoms with E-state index in [0.29, 0.717) is 13.2 Å². The van der Waals surface area contributed by atoms with E-state index in [1.165, 1.54) is 4.31 Å². The van der Waals surface area contributed by atoms with Crippen molar-refractivity contribution in [1.29, 1.82) is 0 Å². The van der Waals surface area contributed by atoms with Crippen molar-refractivity contribution in [3.8, 4) is 0 Å². The van der Waals surface area contributed by atoms with Gasteiger partial charge >= 0.3 is 16.3 Å². The molecule has 1 heterocycles. The summed E-state index contributed by atoms with van der Waals surface area (Å²) in [6.45, 7) is 4.54. The van der Waals surface area contributed by atoms with Crippen LogP contribution in [0.25, 0.3) is 0 Å². The Bertz CT molecular complexity index is 396. The molecule has 9 heteroatoms. The van der Waals surface area contributed by atoms with Gasteiger partial charge in [0.15, 0.2) is 0 Å². The quantitative estimate of drug-likeness (QED) is 0.695. The van der Waals surface area contributed by atoms with Gasteiger partial charge in [0.05, 0.1) is 18.8 Å². The highest BCUT2D eigenvalue weighted by Gasteiger charge is 2.30. The molecular weight excluding hydrogens is 274 g/mol. The Hall–Kier alpha value is -0.900. The Morgan fingerprint density at radius 2 is 2.21 bits per heavy atom. The molecule has 1 fully saturated rings. The van der Waals surface area contributed by atoms with Gasteiger partial charge in [0.2, 0.25) is 0 Å². The van der Waals surface area contributed by atoms with Gasteiger partial charge in [-0.3, -0.25) is 0 Å². The van der Waals surface area contributed by atoms with Gasteiger partial charge in [-0.25, -0.2) is 9.52 Å². The maximum Gasteiger partial charge on any atom is 0.422 e. The fraction of sp³-hybridized carbons (Fsp3) is 0.900. The average Bonchev–Trinajstić information content (AvgIpc) is 2.27. The first kappa shape index (κ1) is 16.2. The predicted octanol–water partition coefficient (Wildman–Crippen LogP) is -0.714. The molecule has 1 amide bonds. The molecular formula is C10H21N3O5S. The van der Waals surface area contributed by atoms with Crippen molar-refractivity contribution in [2.24, 2.45) is 0 Å². The third kappa shape index (κ3) is 5.31. The highest BCUT2D eigenvalue weighted by Crippen LogP contribution is 2.08. The lowest BCUT2D eigenvalue weighted by molar-refractivity contribution is 0.000383. The minimum absolute atomic E-state index is 0.200. The Labute approximate surface area is 113 Å². The first-order valence-corrected chi connectivity index (χ1v) is 7.54. The summed E-state index contributed by atoms with van der Waals surface area (Å²) in [5, 5.41) is 2.92. The molecule has 1 aliphatic heterocycles. The van der Waals surface area contributed by atoms with Gasteiger partial charge in [-0.05, 0) is 20.9 Å². The molecule has 19 heavy (non-hydrogen) atoms. The second kappa shape index (κ2) is 7.04. The molecule has 0 bridgehead atoms. The SMILES string of the molecule is CNCC1CN(S(=O)(=O)NC(=O)OC(C)C)CCO1. The van der Waals surface area contributed by atoms with Crippen molar-refractivity contribution in [2.45, 2.75) is 26.1 Å². The zero-order valence-corrected chi connectivity index (χ0v) is 12.2. The number of likely N-dealkylation sites (N-methyl/N-ethyl adjacent to an activating group) is 1. The van der Waals surface area contributed by atoms with Gasteiger partial charge in [-0.2, -0.15) is 12.7 Å². The van der Waals surface area contributed by atoms with Crippen LogP contribution in [0.5, 0.6) is 0 Å². The number of rotatable bonds is 5. The predicted molar refractivity (Wildman–Crippen MR) is 68.9 cm³/mol. The van der Waals surface area contributed by atoms with Gasteiger partial charge < -0.3 is 14.8 Å². The highest BCUT2D eigenvalue weighted by atomic mass is 32.2. The van der Waals surface area contributed by atoms with E-state index in [4.69, 9.17) is 9.47 Å². The second-order valence-corrected chi connectivity index (χ2v) is 6.14. The molecule has 0 aromatic carbocycles. The Balaban J connectivity index is 2.58. The van der Waals surface area contributed by atoms with E-state index in [0.717, 1.165) is 0 Å². The molecule has 0 aromatic heterocycles. The summed E-state index contributed by atoms with van der Waals surface area (Å²) >= 11 is 0. The van der Waals surface area contributed by atoms with Crippen LogP contribution in [0, 0.1) is 0 Å². The van der Waals surface area contributed by atoms with Crippen LogP contribution >= 0.6 is 0 Å². The van der Waals surface area contributed by atoms with Crippen LogP contribution in [-0.2, 0) is 19.7 Å². The molecule has 0 aromatic rings. The van der Waals surface area contributed by atoms with Crippen LogP contribution in [0.3, 0.4) is 0 Å². The van der Waals surface area contributed by atoms with E-state index in [-0.39, 0.29) is 25.3 Å². The zero-order chi connectivity index (χ0) is 14.5. The average molecular weight is 295 g/mol. The van der Waals surface area contributed by atoms with E-state index >= 15 is 0 Å². The molecule has 1 aliphatic rings. The fourth-order valence-corrected chi connectivity index (χ4v) is 2.73. The Morgan fingerprint density at radius 3 is 2.79 bits per heavy atom. The number of nitrogens with one attached hydrogen (secondary N) is 2. The number of morpholine rings is 1. The number of hydrogen-bond donors (Lipinski definition) is 2. The summed E-state index contributed by atoms with van der Waals surface area (Å²) in [7, 11) is -2.12. The summed E-state index contributed by atoms with van der Waals surface area (Å²) in [4.78, 5) is 11.3. The van der Waals surface area contributed by atoms with Crippen LogP contribution in [0.2, 0.25) is 0 Å². The summed E-state index contributed by atoms with van der Waals surface area (Å²) < 4.78 is 37.1. The molecule has 8 nitrogen and oxygen atoms in total. The minimum atomic E-state index is -3.88. The van der Waals surface area contributed by atoms with E-state index in [1.807, 2.05) is 4.72 Å². The van der Waals surface area contributed by atoms with Gasteiger partial charge in [0.25, 0.3) is 0 Å². The molecule has 1 atom stereocenters. The molecule has 112 valence electrons. The van der Waals surface area contributed by atoms with Crippen molar-refractivity contribution in [1.82, 2.24) is 14.3 Å². The summed E-state index contributed by atoms with van der Waals surface area (Å²) in [5.41, 5.74) is 0. The van der Waals surface area contributed by atoms with Crippen LogP contribution in [-0.4, -0.2) is 64.3 Å². The molecule has 1 unspecified atom stereocenters. The monoisotopic (exact) mass is 295 g/mol. The maximum absolute atomic E-state index is 12.0. The first-order chi connectivity index (χ1) is 8.85. The lowest BCUT2D eigenvalue weighted by Gasteiger charge is -2.31.